The van der Waals surface area contributed by atoms with E-state index in [1.807, 2.05) is 30.7 Å². The van der Waals surface area contributed by atoms with Crippen molar-refractivity contribution in [1.82, 2.24) is 20.0 Å². The van der Waals surface area contributed by atoms with Crippen LogP contribution in [0, 0.1) is 0 Å². The van der Waals surface area contributed by atoms with Gasteiger partial charge in [0.25, 0.3) is 5.91 Å². The van der Waals surface area contributed by atoms with Crippen LogP contribution in [0.1, 0.15) is 54.7 Å². The number of carbonyl (C=O) groups is 1. The van der Waals surface area contributed by atoms with Gasteiger partial charge in [0.15, 0.2) is 5.76 Å². The Morgan fingerprint density at radius 2 is 2.13 bits per heavy atom. The highest BCUT2D eigenvalue weighted by atomic mass is 16.4. The van der Waals surface area contributed by atoms with Gasteiger partial charge in [-0.05, 0) is 58.0 Å². The summed E-state index contributed by atoms with van der Waals surface area (Å²) in [6.07, 6.45) is 4.25. The summed E-state index contributed by atoms with van der Waals surface area (Å²) in [5, 5.41) is 7.21. The number of amides is 1. The zero-order valence-electron chi connectivity index (χ0n) is 13.8. The van der Waals surface area contributed by atoms with E-state index in [1.165, 1.54) is 12.8 Å². The molecule has 3 heterocycles. The Kier molecular flexibility index (Phi) is 4.81. The van der Waals surface area contributed by atoms with Crippen LogP contribution < -0.4 is 5.32 Å². The minimum atomic E-state index is -0.186. The SMILES string of the molecule is CCn1nccc1C(C)NC(=O)c1ccc(CN2CCCC2)o1. The molecule has 1 amide bonds. The molecule has 6 nitrogen and oxygen atoms in total. The molecule has 3 rings (SSSR count). The highest BCUT2D eigenvalue weighted by Gasteiger charge is 2.19. The molecule has 1 atom stereocenters. The minimum Gasteiger partial charge on any atom is -0.455 e. The van der Waals surface area contributed by atoms with Crippen LogP contribution in [0.15, 0.2) is 28.8 Å². The van der Waals surface area contributed by atoms with Crippen molar-refractivity contribution >= 4 is 5.91 Å². The predicted octanol–water partition coefficient (Wildman–Crippen LogP) is 2.58. The number of nitrogens with zero attached hydrogens (tertiary/aromatic N) is 3. The predicted molar refractivity (Wildman–Crippen MR) is 87.0 cm³/mol. The number of furan rings is 1. The number of rotatable bonds is 6. The lowest BCUT2D eigenvalue weighted by Crippen LogP contribution is -2.28. The third-order valence-electron chi connectivity index (χ3n) is 4.30. The number of hydrogen-bond acceptors (Lipinski definition) is 4. The smallest absolute Gasteiger partial charge is 0.287 e. The topological polar surface area (TPSA) is 63.3 Å². The molecule has 0 spiro atoms. The van der Waals surface area contributed by atoms with Crippen LogP contribution in [0.3, 0.4) is 0 Å². The Balaban J connectivity index is 1.60. The van der Waals surface area contributed by atoms with E-state index in [2.05, 4.69) is 15.3 Å². The number of hydrogen-bond donors (Lipinski definition) is 1. The molecule has 124 valence electrons. The summed E-state index contributed by atoms with van der Waals surface area (Å²) in [5.41, 5.74) is 0.990. The van der Waals surface area contributed by atoms with Crippen molar-refractivity contribution in [1.29, 1.82) is 0 Å². The molecule has 0 aliphatic carbocycles. The minimum absolute atomic E-state index is 0.114. The monoisotopic (exact) mass is 316 g/mol. The van der Waals surface area contributed by atoms with E-state index in [-0.39, 0.29) is 11.9 Å². The summed E-state index contributed by atoms with van der Waals surface area (Å²) >= 11 is 0. The van der Waals surface area contributed by atoms with Gasteiger partial charge >= 0.3 is 0 Å². The van der Waals surface area contributed by atoms with E-state index < -0.39 is 0 Å². The summed E-state index contributed by atoms with van der Waals surface area (Å²) in [4.78, 5) is 14.7. The Morgan fingerprint density at radius 3 is 2.87 bits per heavy atom. The molecule has 1 unspecified atom stereocenters. The van der Waals surface area contributed by atoms with Crippen LogP contribution in [0.5, 0.6) is 0 Å². The summed E-state index contributed by atoms with van der Waals surface area (Å²) in [6.45, 7) is 7.77. The molecule has 1 fully saturated rings. The molecule has 0 radical (unpaired) electrons. The second-order valence-electron chi connectivity index (χ2n) is 6.02. The lowest BCUT2D eigenvalue weighted by Gasteiger charge is -2.14. The third-order valence-corrected chi connectivity index (χ3v) is 4.30. The second kappa shape index (κ2) is 7.00. The molecule has 6 heteroatoms. The van der Waals surface area contributed by atoms with Crippen LogP contribution in [0.4, 0.5) is 0 Å². The highest BCUT2D eigenvalue weighted by Crippen LogP contribution is 2.17. The largest absolute Gasteiger partial charge is 0.455 e. The molecule has 0 bridgehead atoms. The van der Waals surface area contributed by atoms with Gasteiger partial charge in [-0.15, -0.1) is 0 Å². The molecule has 0 saturated carbocycles. The van der Waals surface area contributed by atoms with Gasteiger partial charge in [-0.1, -0.05) is 0 Å². The first-order valence-corrected chi connectivity index (χ1v) is 8.31. The molecule has 1 aliphatic rings. The van der Waals surface area contributed by atoms with Gasteiger partial charge in [-0.3, -0.25) is 14.4 Å². The second-order valence-corrected chi connectivity index (χ2v) is 6.02. The van der Waals surface area contributed by atoms with Gasteiger partial charge in [0.05, 0.1) is 18.3 Å². The quantitative estimate of drug-likeness (QED) is 0.890. The Labute approximate surface area is 136 Å². The maximum absolute atomic E-state index is 12.4. The van der Waals surface area contributed by atoms with E-state index >= 15 is 0 Å². The fourth-order valence-electron chi connectivity index (χ4n) is 3.06. The summed E-state index contributed by atoms with van der Waals surface area (Å²) in [6, 6.07) is 5.46. The van der Waals surface area contributed by atoms with E-state index in [0.717, 1.165) is 37.6 Å². The maximum atomic E-state index is 12.4. The van der Waals surface area contributed by atoms with Gasteiger partial charge in [-0.25, -0.2) is 0 Å². The lowest BCUT2D eigenvalue weighted by molar-refractivity contribution is 0.0906. The third kappa shape index (κ3) is 3.64. The van der Waals surface area contributed by atoms with Crippen LogP contribution in [-0.4, -0.2) is 33.7 Å². The van der Waals surface area contributed by atoms with E-state index in [1.54, 1.807) is 12.3 Å². The van der Waals surface area contributed by atoms with Crippen molar-refractivity contribution in [2.24, 2.45) is 0 Å². The van der Waals surface area contributed by atoms with Crippen LogP contribution in [0.25, 0.3) is 0 Å². The molecule has 1 saturated heterocycles. The fourth-order valence-corrected chi connectivity index (χ4v) is 3.06. The molecule has 1 N–H and O–H groups in total. The molecule has 0 aromatic carbocycles. The zero-order valence-corrected chi connectivity index (χ0v) is 13.8. The summed E-state index contributed by atoms with van der Waals surface area (Å²) < 4.78 is 7.59. The van der Waals surface area contributed by atoms with Gasteiger partial charge in [-0.2, -0.15) is 5.10 Å². The number of carbonyl (C=O) groups excluding carboxylic acids is 1. The van der Waals surface area contributed by atoms with E-state index in [4.69, 9.17) is 4.42 Å². The van der Waals surface area contributed by atoms with Gasteiger partial charge < -0.3 is 9.73 Å². The van der Waals surface area contributed by atoms with Gasteiger partial charge in [0.1, 0.15) is 5.76 Å². The molecule has 2 aromatic rings. The fraction of sp³-hybridized carbons (Fsp3) is 0.529. The number of nitrogens with one attached hydrogen (secondary N) is 1. The van der Waals surface area contributed by atoms with Crippen molar-refractivity contribution in [3.63, 3.8) is 0 Å². The number of aryl methyl sites for hydroxylation is 1. The van der Waals surface area contributed by atoms with Crippen molar-refractivity contribution in [3.8, 4) is 0 Å². The Morgan fingerprint density at radius 1 is 1.35 bits per heavy atom. The Hall–Kier alpha value is -2.08. The standard InChI is InChI=1S/C17H24N4O2/c1-3-21-15(8-9-18-21)13(2)19-17(22)16-7-6-14(23-16)12-20-10-4-5-11-20/h6-9,13H,3-5,10-12H2,1-2H3,(H,19,22). The number of likely N-dealkylation sites (tertiary alicyclic amines) is 1. The van der Waals surface area contributed by atoms with Gasteiger partial charge in [0.2, 0.25) is 0 Å². The number of aromatic nitrogens is 2. The molecular formula is C17H24N4O2. The first-order chi connectivity index (χ1) is 11.2. The van der Waals surface area contributed by atoms with E-state index in [9.17, 15) is 4.79 Å². The van der Waals surface area contributed by atoms with Crippen molar-refractivity contribution < 1.29 is 9.21 Å². The summed E-state index contributed by atoms with van der Waals surface area (Å²) in [5.74, 6) is 1.03. The first kappa shape index (κ1) is 15.8. The van der Waals surface area contributed by atoms with Crippen molar-refractivity contribution in [2.45, 2.75) is 45.8 Å². The molecule has 1 aliphatic heterocycles. The van der Waals surface area contributed by atoms with Crippen LogP contribution >= 0.6 is 0 Å². The van der Waals surface area contributed by atoms with Gasteiger partial charge in [0, 0.05) is 12.7 Å². The Bertz CT molecular complexity index is 655. The highest BCUT2D eigenvalue weighted by molar-refractivity contribution is 5.91. The lowest BCUT2D eigenvalue weighted by atomic mass is 10.2. The normalized spacial score (nSPS) is 16.6. The maximum Gasteiger partial charge on any atom is 0.287 e. The van der Waals surface area contributed by atoms with E-state index in [0.29, 0.717) is 5.76 Å². The zero-order chi connectivity index (χ0) is 16.2. The first-order valence-electron chi connectivity index (χ1n) is 8.31. The van der Waals surface area contributed by atoms with Crippen molar-refractivity contribution in [3.05, 3.63) is 41.6 Å². The van der Waals surface area contributed by atoms with Crippen LogP contribution in [0.2, 0.25) is 0 Å². The van der Waals surface area contributed by atoms with Crippen molar-refractivity contribution in [2.75, 3.05) is 13.1 Å². The van der Waals surface area contributed by atoms with Crippen LogP contribution in [-0.2, 0) is 13.1 Å². The molecule has 23 heavy (non-hydrogen) atoms. The average molecular weight is 316 g/mol. The summed E-state index contributed by atoms with van der Waals surface area (Å²) in [7, 11) is 0. The molecule has 2 aromatic heterocycles. The molecular weight excluding hydrogens is 292 g/mol. The average Bonchev–Trinajstić information content (AvgIpc) is 3.28.